The van der Waals surface area contributed by atoms with Crippen molar-refractivity contribution in [2.75, 3.05) is 16.8 Å². The Bertz CT molecular complexity index is 1060. The van der Waals surface area contributed by atoms with Crippen LogP contribution in [0.4, 0.5) is 11.4 Å². The topological polar surface area (TPSA) is 95.6 Å². The van der Waals surface area contributed by atoms with Gasteiger partial charge in [-0.3, -0.25) is 9.59 Å². The first-order valence-electron chi connectivity index (χ1n) is 9.76. The van der Waals surface area contributed by atoms with Crippen molar-refractivity contribution in [3.8, 4) is 0 Å². The highest BCUT2D eigenvalue weighted by molar-refractivity contribution is 7.89. The summed E-state index contributed by atoms with van der Waals surface area (Å²) in [5, 5.41) is 2.78. The minimum Gasteiger partial charge on any atom is -0.326 e. The Kier molecular flexibility index (Phi) is 6.01. The average molecular weight is 430 g/mol. The van der Waals surface area contributed by atoms with E-state index in [-0.39, 0.29) is 23.1 Å². The third kappa shape index (κ3) is 5.25. The lowest BCUT2D eigenvalue weighted by Crippen LogP contribution is -2.40. The number of carbonyl (C=O) groups excluding carboxylic acids is 2. The van der Waals surface area contributed by atoms with Gasteiger partial charge in [-0.05, 0) is 69.7 Å². The molecule has 8 heteroatoms. The molecule has 0 spiro atoms. The Morgan fingerprint density at radius 3 is 2.37 bits per heavy atom. The van der Waals surface area contributed by atoms with E-state index in [0.29, 0.717) is 12.2 Å². The van der Waals surface area contributed by atoms with Gasteiger partial charge in [0, 0.05) is 29.9 Å². The smallest absolute Gasteiger partial charge is 0.241 e. The van der Waals surface area contributed by atoms with Crippen LogP contribution in [0.5, 0.6) is 0 Å². The number of rotatable bonds is 5. The summed E-state index contributed by atoms with van der Waals surface area (Å²) in [5.41, 5.74) is 1.72. The fourth-order valence-corrected chi connectivity index (χ4v) is 4.77. The van der Waals surface area contributed by atoms with Gasteiger partial charge >= 0.3 is 0 Å². The molecule has 1 fully saturated rings. The quantitative estimate of drug-likeness (QED) is 0.764. The number of hydrogen-bond acceptors (Lipinski definition) is 4. The summed E-state index contributed by atoms with van der Waals surface area (Å²) in [6.45, 7) is 7.57. The van der Waals surface area contributed by atoms with Crippen molar-refractivity contribution < 1.29 is 18.0 Å². The van der Waals surface area contributed by atoms with Crippen LogP contribution in [0, 0.1) is 12.8 Å². The summed E-state index contributed by atoms with van der Waals surface area (Å²) in [4.78, 5) is 26.8. The van der Waals surface area contributed by atoms with Gasteiger partial charge in [0.05, 0.1) is 10.8 Å². The van der Waals surface area contributed by atoms with E-state index in [1.807, 2.05) is 31.2 Å². The summed E-state index contributed by atoms with van der Waals surface area (Å²) in [5.74, 6) is -0.818. The molecule has 2 N–H and O–H groups in total. The molecule has 7 nitrogen and oxygen atoms in total. The van der Waals surface area contributed by atoms with Gasteiger partial charge in [0.2, 0.25) is 21.8 Å². The average Bonchev–Trinajstić information content (AvgIpc) is 3.02. The molecule has 0 bridgehead atoms. The second kappa shape index (κ2) is 8.20. The SMILES string of the molecule is Cc1cccc(N2CC(C(=O)Nc3ccc(S(=O)(=O)NC(C)(C)C)cc3)CC2=O)c1. The highest BCUT2D eigenvalue weighted by atomic mass is 32.2. The lowest BCUT2D eigenvalue weighted by molar-refractivity contribution is -0.122. The van der Waals surface area contributed by atoms with E-state index in [2.05, 4.69) is 10.0 Å². The summed E-state index contributed by atoms with van der Waals surface area (Å²) < 4.78 is 27.3. The van der Waals surface area contributed by atoms with Crippen molar-refractivity contribution in [2.24, 2.45) is 5.92 Å². The Balaban J connectivity index is 1.66. The van der Waals surface area contributed by atoms with Crippen LogP contribution in [0.15, 0.2) is 53.4 Å². The fraction of sp³-hybridized carbons (Fsp3) is 0.364. The fourth-order valence-electron chi connectivity index (χ4n) is 3.35. The number of nitrogens with zero attached hydrogens (tertiary/aromatic N) is 1. The number of sulfonamides is 1. The van der Waals surface area contributed by atoms with Crippen LogP contribution in [0.2, 0.25) is 0 Å². The van der Waals surface area contributed by atoms with Gasteiger partial charge in [-0.25, -0.2) is 13.1 Å². The minimum atomic E-state index is -3.64. The molecule has 3 rings (SSSR count). The van der Waals surface area contributed by atoms with E-state index in [1.54, 1.807) is 37.8 Å². The third-order valence-corrected chi connectivity index (χ3v) is 6.46. The normalized spacial score (nSPS) is 17.3. The van der Waals surface area contributed by atoms with E-state index in [1.165, 1.54) is 12.1 Å². The van der Waals surface area contributed by atoms with Crippen LogP contribution in [-0.4, -0.2) is 32.3 Å². The molecule has 2 amide bonds. The molecule has 0 aromatic heterocycles. The maximum Gasteiger partial charge on any atom is 0.241 e. The van der Waals surface area contributed by atoms with Crippen LogP contribution < -0.4 is 14.9 Å². The van der Waals surface area contributed by atoms with Crippen molar-refractivity contribution in [1.29, 1.82) is 0 Å². The zero-order valence-electron chi connectivity index (χ0n) is 17.6. The third-order valence-electron chi connectivity index (χ3n) is 4.68. The molecule has 1 saturated heterocycles. The second-order valence-corrected chi connectivity index (χ2v) is 10.3. The zero-order chi connectivity index (χ0) is 22.1. The number of carbonyl (C=O) groups is 2. The minimum absolute atomic E-state index is 0.0876. The number of benzene rings is 2. The van der Waals surface area contributed by atoms with Crippen LogP contribution >= 0.6 is 0 Å². The van der Waals surface area contributed by atoms with Crippen molar-refractivity contribution in [3.63, 3.8) is 0 Å². The van der Waals surface area contributed by atoms with Crippen LogP contribution in [0.3, 0.4) is 0 Å². The van der Waals surface area contributed by atoms with Gasteiger partial charge in [0.15, 0.2) is 0 Å². The molecule has 2 aromatic rings. The van der Waals surface area contributed by atoms with Crippen molar-refractivity contribution in [1.82, 2.24) is 4.72 Å². The first-order valence-corrected chi connectivity index (χ1v) is 11.2. The molecule has 1 aliphatic heterocycles. The number of hydrogen-bond donors (Lipinski definition) is 2. The Labute approximate surface area is 177 Å². The van der Waals surface area contributed by atoms with Crippen molar-refractivity contribution in [2.45, 2.75) is 44.6 Å². The molecule has 1 unspecified atom stereocenters. The molecular formula is C22H27N3O4S. The molecule has 160 valence electrons. The Morgan fingerprint density at radius 2 is 1.77 bits per heavy atom. The molecule has 30 heavy (non-hydrogen) atoms. The van der Waals surface area contributed by atoms with Gasteiger partial charge < -0.3 is 10.2 Å². The highest BCUT2D eigenvalue weighted by Crippen LogP contribution is 2.27. The lowest BCUT2D eigenvalue weighted by Gasteiger charge is -2.20. The Morgan fingerprint density at radius 1 is 1.10 bits per heavy atom. The number of aryl methyl sites for hydroxylation is 1. The summed E-state index contributed by atoms with van der Waals surface area (Å²) in [6, 6.07) is 13.6. The van der Waals surface area contributed by atoms with Gasteiger partial charge in [-0.1, -0.05) is 12.1 Å². The second-order valence-electron chi connectivity index (χ2n) is 8.61. The molecule has 0 saturated carbocycles. The maximum absolute atomic E-state index is 12.7. The monoisotopic (exact) mass is 429 g/mol. The predicted molar refractivity (Wildman–Crippen MR) is 117 cm³/mol. The van der Waals surface area contributed by atoms with Crippen LogP contribution in [0.1, 0.15) is 32.8 Å². The van der Waals surface area contributed by atoms with Gasteiger partial charge in [-0.2, -0.15) is 0 Å². The van der Waals surface area contributed by atoms with E-state index in [0.717, 1.165) is 11.3 Å². The zero-order valence-corrected chi connectivity index (χ0v) is 18.4. The van der Waals surface area contributed by atoms with Gasteiger partial charge in [-0.15, -0.1) is 0 Å². The van der Waals surface area contributed by atoms with Crippen molar-refractivity contribution in [3.05, 3.63) is 54.1 Å². The van der Waals surface area contributed by atoms with Crippen molar-refractivity contribution >= 4 is 33.2 Å². The van der Waals surface area contributed by atoms with Crippen LogP contribution in [-0.2, 0) is 19.6 Å². The van der Waals surface area contributed by atoms with Gasteiger partial charge in [0.25, 0.3) is 0 Å². The lowest BCUT2D eigenvalue weighted by atomic mass is 10.1. The first kappa shape index (κ1) is 22.0. The maximum atomic E-state index is 12.7. The Hall–Kier alpha value is -2.71. The molecule has 0 radical (unpaired) electrons. The summed E-state index contributed by atoms with van der Waals surface area (Å²) >= 11 is 0. The molecule has 1 atom stereocenters. The summed E-state index contributed by atoms with van der Waals surface area (Å²) in [7, 11) is -3.64. The number of amides is 2. The van der Waals surface area contributed by atoms with Crippen LogP contribution in [0.25, 0.3) is 0 Å². The molecule has 2 aromatic carbocycles. The summed E-state index contributed by atoms with van der Waals surface area (Å²) in [6.07, 6.45) is 0.141. The largest absolute Gasteiger partial charge is 0.326 e. The standard InChI is InChI=1S/C22H27N3O4S/c1-15-6-5-7-18(12-15)25-14-16(13-20(25)26)21(27)23-17-8-10-19(11-9-17)30(28,29)24-22(2,3)4/h5-12,16,24H,13-14H2,1-4H3,(H,23,27). The number of anilines is 2. The van der Waals surface area contributed by atoms with E-state index in [4.69, 9.17) is 0 Å². The van der Waals surface area contributed by atoms with E-state index in [9.17, 15) is 18.0 Å². The molecular weight excluding hydrogens is 402 g/mol. The number of nitrogens with one attached hydrogen (secondary N) is 2. The molecule has 1 aliphatic rings. The predicted octanol–water partition coefficient (Wildman–Crippen LogP) is 3.06. The molecule has 1 heterocycles. The molecule has 0 aliphatic carbocycles. The van der Waals surface area contributed by atoms with Gasteiger partial charge in [0.1, 0.15) is 0 Å². The first-order chi connectivity index (χ1) is 13.9. The van der Waals surface area contributed by atoms with E-state index < -0.39 is 21.5 Å². The highest BCUT2D eigenvalue weighted by Gasteiger charge is 2.35. The van der Waals surface area contributed by atoms with E-state index >= 15 is 0 Å².